The van der Waals surface area contributed by atoms with Crippen LogP contribution in [-0.4, -0.2) is 6.34 Å². The quantitative estimate of drug-likeness (QED) is 0.407. The Morgan fingerprint density at radius 2 is 1.32 bits per heavy atom. The largest absolute Gasteiger partial charge is 0.446 e. The smallest absolute Gasteiger partial charge is 0.00994 e. The van der Waals surface area contributed by atoms with Crippen molar-refractivity contribution in [2.24, 2.45) is 15.8 Å². The number of aliphatic imine (C=N–C) groups is 1. The van der Waals surface area contributed by atoms with E-state index in [1.165, 1.54) is 21.9 Å². The lowest BCUT2D eigenvalue weighted by atomic mass is 9.74. The van der Waals surface area contributed by atoms with Gasteiger partial charge in [-0.15, -0.1) is 0 Å². The van der Waals surface area contributed by atoms with E-state index in [1.807, 2.05) is 0 Å². The van der Waals surface area contributed by atoms with Crippen molar-refractivity contribution in [3.8, 4) is 0 Å². The topological polar surface area (TPSA) is 26.5 Å². The maximum Gasteiger partial charge on any atom is 0.00994 e. The molecule has 1 heterocycles. The van der Waals surface area contributed by atoms with Crippen molar-refractivity contribution in [1.29, 1.82) is 0 Å². The van der Waals surface area contributed by atoms with E-state index < -0.39 is 0 Å². The molecule has 0 bridgehead atoms. The van der Waals surface area contributed by atoms with Crippen molar-refractivity contribution in [3.63, 3.8) is 0 Å². The monoisotopic (exact) mass is 447 g/mol. The van der Waals surface area contributed by atoms with Gasteiger partial charge in [0, 0.05) is 5.92 Å². The average Bonchev–Trinajstić information content (AvgIpc) is 2.79. The Bertz CT molecular complexity index is 1320. The highest BCUT2D eigenvalue weighted by atomic mass is 15.0. The van der Waals surface area contributed by atoms with E-state index >= 15 is 0 Å². The molecule has 34 heavy (non-hydrogen) atoms. The minimum absolute atomic E-state index is 0.0131. The summed E-state index contributed by atoms with van der Waals surface area (Å²) in [7, 11) is 0. The van der Waals surface area contributed by atoms with Gasteiger partial charge < -0.3 is 10.3 Å². The molecule has 0 amide bonds. The van der Waals surface area contributed by atoms with Gasteiger partial charge in [0.15, 0.2) is 0 Å². The fourth-order valence-electron chi connectivity index (χ4n) is 4.96. The molecule has 1 atom stereocenters. The van der Waals surface area contributed by atoms with E-state index in [2.05, 4.69) is 133 Å². The molecule has 0 spiro atoms. The highest BCUT2D eigenvalue weighted by Gasteiger charge is 2.28. The molecule has 1 aliphatic rings. The molecule has 2 heteroatoms. The van der Waals surface area contributed by atoms with E-state index in [1.54, 1.807) is 6.34 Å². The van der Waals surface area contributed by atoms with Gasteiger partial charge in [-0.1, -0.05) is 145 Å². The van der Waals surface area contributed by atoms with Crippen LogP contribution >= 0.6 is 0 Å². The van der Waals surface area contributed by atoms with Crippen molar-refractivity contribution >= 4 is 17.6 Å². The third kappa shape index (κ3) is 5.07. The van der Waals surface area contributed by atoms with Crippen molar-refractivity contribution in [3.05, 3.63) is 124 Å². The van der Waals surface area contributed by atoms with Gasteiger partial charge in [0.05, 0.1) is 0 Å². The molecule has 0 radical (unpaired) electrons. The average molecular weight is 448 g/mol. The highest BCUT2D eigenvalue weighted by Crippen LogP contribution is 2.42. The van der Waals surface area contributed by atoms with Crippen LogP contribution in [0.4, 0.5) is 0 Å². The number of benzene rings is 3. The summed E-state index contributed by atoms with van der Waals surface area (Å²) in [5.41, 5.74) is 5.83. The van der Waals surface area contributed by atoms with E-state index in [9.17, 15) is 0 Å². The third-order valence-corrected chi connectivity index (χ3v) is 6.27. The molecule has 1 aliphatic heterocycles. The van der Waals surface area contributed by atoms with Crippen LogP contribution in [-0.2, 0) is 0 Å². The zero-order valence-corrected chi connectivity index (χ0v) is 21.2. The van der Waals surface area contributed by atoms with Gasteiger partial charge in [0.1, 0.15) is 0 Å². The molecule has 0 N–H and O–H groups in total. The van der Waals surface area contributed by atoms with Gasteiger partial charge >= 0.3 is 0 Å². The predicted octanol–water partition coefficient (Wildman–Crippen LogP) is 7.17. The second-order valence-electron chi connectivity index (χ2n) is 11.1. The molecule has 174 valence electrons. The first-order valence-electron chi connectivity index (χ1n) is 12.1. The van der Waals surface area contributed by atoms with E-state index in [0.717, 1.165) is 16.6 Å². The van der Waals surface area contributed by atoms with Crippen LogP contribution in [0.2, 0.25) is 0 Å². The Labute approximate surface area is 204 Å². The molecule has 0 aromatic heterocycles. The molecule has 0 saturated carbocycles. The summed E-state index contributed by atoms with van der Waals surface area (Å²) in [5.74, 6) is 0.169. The van der Waals surface area contributed by atoms with Crippen LogP contribution in [0.15, 0.2) is 102 Å². The minimum Gasteiger partial charge on any atom is -0.446 e. The molecule has 4 rings (SSSR count). The first kappa shape index (κ1) is 23.8. The zero-order chi connectivity index (χ0) is 24.3. The Hall–Kier alpha value is -3.39. The lowest BCUT2D eigenvalue weighted by molar-refractivity contribution is 0.352. The molecule has 0 fully saturated rings. The van der Waals surface area contributed by atoms with Crippen LogP contribution in [0.3, 0.4) is 0 Å². The maximum atomic E-state index is 4.77. The van der Waals surface area contributed by atoms with Gasteiger partial charge in [0.2, 0.25) is 0 Å². The normalized spacial score (nSPS) is 17.5. The SMILES string of the molecule is CC(C)(C)/C(c1ccccc1)=c1\cccc\c1=C1\C=C(C(c2ccccc2)C(C)(C)C)N=C[N-]1. The summed E-state index contributed by atoms with van der Waals surface area (Å²) < 4.78 is 0. The van der Waals surface area contributed by atoms with Gasteiger partial charge in [0.25, 0.3) is 0 Å². The summed E-state index contributed by atoms with van der Waals surface area (Å²) in [6.45, 7) is 13.7. The van der Waals surface area contributed by atoms with E-state index in [-0.39, 0.29) is 16.7 Å². The Balaban J connectivity index is 2.01. The molecule has 0 saturated heterocycles. The second-order valence-corrected chi connectivity index (χ2v) is 11.1. The molecular weight excluding hydrogens is 412 g/mol. The van der Waals surface area contributed by atoms with E-state index in [0.29, 0.717) is 0 Å². The van der Waals surface area contributed by atoms with Gasteiger partial charge in [-0.25, -0.2) is 0 Å². The maximum absolute atomic E-state index is 4.77. The molecule has 2 nitrogen and oxygen atoms in total. The Morgan fingerprint density at radius 3 is 1.94 bits per heavy atom. The number of nitrogens with zero attached hydrogens (tertiary/aromatic N) is 2. The van der Waals surface area contributed by atoms with Crippen LogP contribution in [0, 0.1) is 10.8 Å². The van der Waals surface area contributed by atoms with Gasteiger partial charge in [-0.3, -0.25) is 0 Å². The number of hydrogen-bond acceptors (Lipinski definition) is 1. The fraction of sp³-hybridized carbons (Fsp3) is 0.281. The lowest BCUT2D eigenvalue weighted by Gasteiger charge is -2.36. The summed E-state index contributed by atoms with van der Waals surface area (Å²) in [4.78, 5) is 4.77. The molecule has 3 aromatic carbocycles. The Kier molecular flexibility index (Phi) is 6.61. The van der Waals surface area contributed by atoms with Crippen molar-refractivity contribution < 1.29 is 0 Å². The molecule has 3 aromatic rings. The van der Waals surface area contributed by atoms with Crippen molar-refractivity contribution in [2.75, 3.05) is 0 Å². The zero-order valence-electron chi connectivity index (χ0n) is 21.2. The predicted molar refractivity (Wildman–Crippen MR) is 146 cm³/mol. The minimum atomic E-state index is -0.0364. The Morgan fingerprint density at radius 1 is 0.735 bits per heavy atom. The molecule has 0 aliphatic carbocycles. The number of rotatable bonds is 3. The van der Waals surface area contributed by atoms with E-state index in [4.69, 9.17) is 10.3 Å². The fourth-order valence-corrected chi connectivity index (χ4v) is 4.96. The lowest BCUT2D eigenvalue weighted by Crippen LogP contribution is -2.33. The van der Waals surface area contributed by atoms with Gasteiger partial charge in [-0.05, 0) is 43.7 Å². The van der Waals surface area contributed by atoms with Gasteiger partial charge in [-0.2, -0.15) is 0 Å². The van der Waals surface area contributed by atoms with Crippen molar-refractivity contribution in [1.82, 2.24) is 0 Å². The highest BCUT2D eigenvalue weighted by molar-refractivity contribution is 5.93. The summed E-state index contributed by atoms with van der Waals surface area (Å²) in [6.07, 6.45) is 3.91. The van der Waals surface area contributed by atoms with Crippen LogP contribution in [0.1, 0.15) is 58.6 Å². The first-order chi connectivity index (χ1) is 16.2. The van der Waals surface area contributed by atoms with Crippen LogP contribution < -0.4 is 10.4 Å². The van der Waals surface area contributed by atoms with Crippen LogP contribution in [0.5, 0.6) is 0 Å². The standard InChI is InChI=1S/C32H35N2/c1-31(2,3)29(23-15-9-7-10-16-23)26-20-14-13-19-25(26)27-21-28(34-22-33-27)30(32(4,5)6)24-17-11-8-12-18-24/h7-22,30H,1-6H3/q-1/b27-25+,29-26+. The third-order valence-electron chi connectivity index (χ3n) is 6.27. The summed E-state index contributed by atoms with van der Waals surface area (Å²) in [5, 5.41) is 7.12. The summed E-state index contributed by atoms with van der Waals surface area (Å²) >= 11 is 0. The van der Waals surface area contributed by atoms with Crippen LogP contribution in [0.25, 0.3) is 16.6 Å². The number of allylic oxidation sites excluding steroid dienone is 1. The van der Waals surface area contributed by atoms with Crippen molar-refractivity contribution in [2.45, 2.75) is 47.5 Å². The molecular formula is C32H35N2-. The first-order valence-corrected chi connectivity index (χ1v) is 12.1. The second kappa shape index (κ2) is 9.46. The number of hydrogen-bond donors (Lipinski definition) is 0. The molecule has 1 unspecified atom stereocenters. The summed E-state index contributed by atoms with van der Waals surface area (Å²) in [6, 6.07) is 30.0.